The summed E-state index contributed by atoms with van der Waals surface area (Å²) in [5.74, 6) is -0.457. The predicted molar refractivity (Wildman–Crippen MR) is 70.8 cm³/mol. The van der Waals surface area contributed by atoms with E-state index < -0.39 is 6.04 Å². The molecule has 0 radical (unpaired) electrons. The van der Waals surface area contributed by atoms with Crippen molar-refractivity contribution in [3.63, 3.8) is 0 Å². The van der Waals surface area contributed by atoms with Gasteiger partial charge in [0.1, 0.15) is 6.04 Å². The van der Waals surface area contributed by atoms with E-state index in [0.29, 0.717) is 5.69 Å². The molecule has 92 valence electrons. The molecule has 0 bridgehead atoms. The quantitative estimate of drug-likeness (QED) is 0.899. The highest BCUT2D eigenvalue weighted by atomic mass is 79.9. The van der Waals surface area contributed by atoms with Gasteiger partial charge in [0.05, 0.1) is 0 Å². The van der Waals surface area contributed by atoms with Crippen molar-refractivity contribution in [1.82, 2.24) is 5.32 Å². The molecule has 1 aromatic carbocycles. The second kappa shape index (κ2) is 5.82. The maximum absolute atomic E-state index is 11.7. The predicted octanol–water partition coefficient (Wildman–Crippen LogP) is 2.22. The van der Waals surface area contributed by atoms with Crippen LogP contribution in [0.1, 0.15) is 19.4 Å². The van der Waals surface area contributed by atoms with E-state index in [1.807, 2.05) is 19.1 Å². The molecule has 1 atom stereocenters. The van der Waals surface area contributed by atoms with E-state index in [1.54, 1.807) is 13.0 Å². The number of hydrogen-bond acceptors (Lipinski definition) is 2. The Hall–Kier alpha value is -1.36. The number of carbonyl (C=O) groups excluding carboxylic acids is 2. The van der Waals surface area contributed by atoms with Crippen molar-refractivity contribution in [2.75, 3.05) is 5.32 Å². The van der Waals surface area contributed by atoms with Crippen molar-refractivity contribution >= 4 is 33.4 Å². The van der Waals surface area contributed by atoms with Crippen molar-refractivity contribution in [1.29, 1.82) is 0 Å². The van der Waals surface area contributed by atoms with Crippen LogP contribution < -0.4 is 10.6 Å². The average molecular weight is 299 g/mol. The Morgan fingerprint density at radius 2 is 2.00 bits per heavy atom. The first kappa shape index (κ1) is 13.7. The van der Waals surface area contributed by atoms with Gasteiger partial charge in [0, 0.05) is 17.1 Å². The van der Waals surface area contributed by atoms with Crippen LogP contribution in [0.3, 0.4) is 0 Å². The second-order valence-electron chi connectivity index (χ2n) is 3.88. The minimum Gasteiger partial charge on any atom is -0.345 e. The molecule has 1 aromatic rings. The van der Waals surface area contributed by atoms with Crippen LogP contribution in [-0.2, 0) is 9.59 Å². The SMILES string of the molecule is CC(=O)NC(C)C(=O)Nc1ccc(Br)c(C)c1. The average Bonchev–Trinajstić information content (AvgIpc) is 2.22. The molecule has 4 nitrogen and oxygen atoms in total. The number of carbonyl (C=O) groups is 2. The third kappa shape index (κ3) is 4.19. The monoisotopic (exact) mass is 298 g/mol. The maximum atomic E-state index is 11.7. The van der Waals surface area contributed by atoms with Gasteiger partial charge in [0.25, 0.3) is 0 Å². The molecule has 5 heteroatoms. The molecule has 1 unspecified atom stereocenters. The van der Waals surface area contributed by atoms with E-state index in [0.717, 1.165) is 10.0 Å². The maximum Gasteiger partial charge on any atom is 0.246 e. The van der Waals surface area contributed by atoms with Gasteiger partial charge in [-0.3, -0.25) is 9.59 Å². The Morgan fingerprint density at radius 3 is 2.53 bits per heavy atom. The molecule has 0 saturated carbocycles. The Labute approximate surface area is 109 Å². The topological polar surface area (TPSA) is 58.2 Å². The molecule has 2 N–H and O–H groups in total. The smallest absolute Gasteiger partial charge is 0.246 e. The zero-order chi connectivity index (χ0) is 13.0. The fourth-order valence-electron chi connectivity index (χ4n) is 1.34. The molecule has 0 spiro atoms. The summed E-state index contributed by atoms with van der Waals surface area (Å²) in [6.45, 7) is 4.97. The van der Waals surface area contributed by atoms with Crippen LogP contribution in [0.4, 0.5) is 5.69 Å². The van der Waals surface area contributed by atoms with Crippen LogP contribution in [-0.4, -0.2) is 17.9 Å². The van der Waals surface area contributed by atoms with Crippen molar-refractivity contribution in [3.05, 3.63) is 28.2 Å². The van der Waals surface area contributed by atoms with Crippen LogP contribution in [0.15, 0.2) is 22.7 Å². The summed E-state index contributed by atoms with van der Waals surface area (Å²) < 4.78 is 0.991. The van der Waals surface area contributed by atoms with Crippen molar-refractivity contribution in [3.8, 4) is 0 Å². The van der Waals surface area contributed by atoms with Crippen molar-refractivity contribution < 1.29 is 9.59 Å². The number of benzene rings is 1. The zero-order valence-electron chi connectivity index (χ0n) is 10.0. The van der Waals surface area contributed by atoms with Gasteiger partial charge in [-0.05, 0) is 37.6 Å². The van der Waals surface area contributed by atoms with Crippen molar-refractivity contribution in [2.45, 2.75) is 26.8 Å². The van der Waals surface area contributed by atoms with Gasteiger partial charge in [-0.2, -0.15) is 0 Å². The number of halogens is 1. The highest BCUT2D eigenvalue weighted by Gasteiger charge is 2.13. The van der Waals surface area contributed by atoms with E-state index in [9.17, 15) is 9.59 Å². The molecular weight excluding hydrogens is 284 g/mol. The minimum atomic E-state index is -0.545. The minimum absolute atomic E-state index is 0.223. The fourth-order valence-corrected chi connectivity index (χ4v) is 1.59. The van der Waals surface area contributed by atoms with Gasteiger partial charge in [-0.15, -0.1) is 0 Å². The molecule has 0 saturated heterocycles. The molecule has 0 aliphatic rings. The van der Waals surface area contributed by atoms with Crippen molar-refractivity contribution in [2.24, 2.45) is 0 Å². The number of nitrogens with one attached hydrogen (secondary N) is 2. The molecule has 1 rings (SSSR count). The van der Waals surface area contributed by atoms with E-state index in [2.05, 4.69) is 26.6 Å². The summed E-state index contributed by atoms with van der Waals surface area (Å²) in [7, 11) is 0. The molecule has 0 fully saturated rings. The molecule has 2 amide bonds. The number of aryl methyl sites for hydroxylation is 1. The van der Waals surface area contributed by atoms with E-state index in [4.69, 9.17) is 0 Å². The summed E-state index contributed by atoms with van der Waals surface area (Å²) in [5.41, 5.74) is 1.75. The van der Waals surface area contributed by atoms with Gasteiger partial charge in [0.15, 0.2) is 0 Å². The Morgan fingerprint density at radius 1 is 1.35 bits per heavy atom. The largest absolute Gasteiger partial charge is 0.345 e. The van der Waals surface area contributed by atoms with Crippen LogP contribution in [0.5, 0.6) is 0 Å². The molecule has 0 heterocycles. The molecule has 0 aliphatic heterocycles. The molecular formula is C12H15BrN2O2. The van der Waals surface area contributed by atoms with Crippen LogP contribution in [0, 0.1) is 6.92 Å². The summed E-state index contributed by atoms with van der Waals surface area (Å²) in [6, 6.07) is 4.99. The lowest BCUT2D eigenvalue weighted by Crippen LogP contribution is -2.40. The Kier molecular flexibility index (Phi) is 4.69. The highest BCUT2D eigenvalue weighted by molar-refractivity contribution is 9.10. The fraction of sp³-hybridized carbons (Fsp3) is 0.333. The molecule has 0 aromatic heterocycles. The van der Waals surface area contributed by atoms with Crippen LogP contribution >= 0.6 is 15.9 Å². The number of anilines is 1. The molecule has 0 aliphatic carbocycles. The van der Waals surface area contributed by atoms with Crippen LogP contribution in [0.2, 0.25) is 0 Å². The molecule has 17 heavy (non-hydrogen) atoms. The summed E-state index contributed by atoms with van der Waals surface area (Å²) in [5, 5.41) is 5.27. The normalized spacial score (nSPS) is 11.8. The van der Waals surface area contributed by atoms with Gasteiger partial charge >= 0.3 is 0 Å². The lowest BCUT2D eigenvalue weighted by atomic mass is 10.2. The van der Waals surface area contributed by atoms with Gasteiger partial charge in [-0.25, -0.2) is 0 Å². The summed E-state index contributed by atoms with van der Waals surface area (Å²) >= 11 is 3.39. The number of rotatable bonds is 3. The van der Waals surface area contributed by atoms with E-state index in [1.165, 1.54) is 6.92 Å². The van der Waals surface area contributed by atoms with Gasteiger partial charge in [-0.1, -0.05) is 15.9 Å². The zero-order valence-corrected chi connectivity index (χ0v) is 11.6. The second-order valence-corrected chi connectivity index (χ2v) is 4.73. The van der Waals surface area contributed by atoms with E-state index >= 15 is 0 Å². The first-order valence-corrected chi connectivity index (χ1v) is 6.03. The first-order chi connectivity index (χ1) is 7.90. The van der Waals surface area contributed by atoms with Crippen LogP contribution in [0.25, 0.3) is 0 Å². The standard InChI is InChI=1S/C12H15BrN2O2/c1-7-6-10(4-5-11(7)13)15-12(17)8(2)14-9(3)16/h4-6,8H,1-3H3,(H,14,16)(H,15,17). The Bertz CT molecular complexity index is 446. The number of amides is 2. The highest BCUT2D eigenvalue weighted by Crippen LogP contribution is 2.19. The lowest BCUT2D eigenvalue weighted by molar-refractivity contribution is -0.124. The third-order valence-electron chi connectivity index (χ3n) is 2.24. The number of hydrogen-bond donors (Lipinski definition) is 2. The lowest BCUT2D eigenvalue weighted by Gasteiger charge is -2.13. The third-order valence-corrected chi connectivity index (χ3v) is 3.13. The summed E-state index contributed by atoms with van der Waals surface area (Å²) in [4.78, 5) is 22.5. The first-order valence-electron chi connectivity index (χ1n) is 5.24. The Balaban J connectivity index is 2.67. The van der Waals surface area contributed by atoms with Gasteiger partial charge in [0.2, 0.25) is 11.8 Å². The van der Waals surface area contributed by atoms with Gasteiger partial charge < -0.3 is 10.6 Å². The summed E-state index contributed by atoms with van der Waals surface area (Å²) in [6.07, 6.45) is 0. The van der Waals surface area contributed by atoms with E-state index in [-0.39, 0.29) is 11.8 Å².